The van der Waals surface area contributed by atoms with Crippen molar-refractivity contribution >= 4 is 11.4 Å². The zero-order valence-electron chi connectivity index (χ0n) is 10.4. The van der Waals surface area contributed by atoms with Crippen molar-refractivity contribution in [3.63, 3.8) is 0 Å². The minimum Gasteiger partial charge on any atom is -0.399 e. The van der Waals surface area contributed by atoms with Crippen molar-refractivity contribution in [2.75, 3.05) is 17.6 Å². The molecule has 0 aromatic heterocycles. The highest BCUT2D eigenvalue weighted by molar-refractivity contribution is 5.54. The monoisotopic (exact) mass is 236 g/mol. The molecule has 0 saturated heterocycles. The van der Waals surface area contributed by atoms with Crippen LogP contribution in [0.3, 0.4) is 0 Å². The van der Waals surface area contributed by atoms with E-state index in [2.05, 4.69) is 12.2 Å². The van der Waals surface area contributed by atoms with Gasteiger partial charge >= 0.3 is 0 Å². The zero-order valence-corrected chi connectivity index (χ0v) is 10.4. The number of nitrogen functional groups attached to an aromatic ring is 1. The Morgan fingerprint density at radius 1 is 1.29 bits per heavy atom. The van der Waals surface area contributed by atoms with Gasteiger partial charge in [0.2, 0.25) is 0 Å². The second-order valence-corrected chi connectivity index (χ2v) is 5.18. The lowest BCUT2D eigenvalue weighted by Crippen LogP contribution is -2.24. The number of anilines is 2. The van der Waals surface area contributed by atoms with Gasteiger partial charge in [0.05, 0.1) is 0 Å². The molecule has 0 spiro atoms. The van der Waals surface area contributed by atoms with Gasteiger partial charge in [-0.1, -0.05) is 26.2 Å². The van der Waals surface area contributed by atoms with Crippen LogP contribution in [0, 0.1) is 17.7 Å². The first-order valence-corrected chi connectivity index (χ1v) is 6.45. The lowest BCUT2D eigenvalue weighted by molar-refractivity contribution is 0.268. The van der Waals surface area contributed by atoms with Crippen molar-refractivity contribution < 1.29 is 4.39 Å². The Balaban J connectivity index is 1.92. The molecule has 1 fully saturated rings. The largest absolute Gasteiger partial charge is 0.399 e. The van der Waals surface area contributed by atoms with Gasteiger partial charge in [-0.05, 0) is 36.5 Å². The third-order valence-corrected chi connectivity index (χ3v) is 3.78. The number of hydrogen-bond donors (Lipinski definition) is 2. The van der Waals surface area contributed by atoms with E-state index in [9.17, 15) is 4.39 Å². The van der Waals surface area contributed by atoms with Gasteiger partial charge in [0.15, 0.2) is 0 Å². The molecule has 0 heterocycles. The molecular formula is C14H21FN2. The molecule has 0 aliphatic heterocycles. The third-order valence-electron chi connectivity index (χ3n) is 3.78. The fraction of sp³-hybridized carbons (Fsp3) is 0.571. The van der Waals surface area contributed by atoms with Crippen LogP contribution in [0.4, 0.5) is 15.8 Å². The number of rotatable bonds is 3. The Kier molecular flexibility index (Phi) is 3.87. The van der Waals surface area contributed by atoms with Crippen LogP contribution in [0.2, 0.25) is 0 Å². The van der Waals surface area contributed by atoms with E-state index in [1.807, 2.05) is 0 Å². The summed E-state index contributed by atoms with van der Waals surface area (Å²) in [5, 5.41) is 3.31. The lowest BCUT2D eigenvalue weighted by atomic mass is 9.80. The molecular weight excluding hydrogens is 215 g/mol. The van der Waals surface area contributed by atoms with Gasteiger partial charge in [-0.25, -0.2) is 4.39 Å². The van der Waals surface area contributed by atoms with Gasteiger partial charge in [0.25, 0.3) is 0 Å². The smallest absolute Gasteiger partial charge is 0.127 e. The summed E-state index contributed by atoms with van der Waals surface area (Å²) in [4.78, 5) is 0. The molecule has 17 heavy (non-hydrogen) atoms. The highest BCUT2D eigenvalue weighted by Crippen LogP contribution is 2.29. The van der Waals surface area contributed by atoms with E-state index < -0.39 is 0 Å². The number of nitrogens with two attached hydrogens (primary N) is 1. The predicted molar refractivity (Wildman–Crippen MR) is 70.4 cm³/mol. The molecule has 2 rings (SSSR count). The molecule has 3 heteroatoms. The van der Waals surface area contributed by atoms with Gasteiger partial charge in [0.1, 0.15) is 5.82 Å². The second kappa shape index (κ2) is 5.39. The van der Waals surface area contributed by atoms with Gasteiger partial charge in [-0.2, -0.15) is 0 Å². The number of halogens is 1. The Hall–Kier alpha value is -1.25. The summed E-state index contributed by atoms with van der Waals surface area (Å²) in [6, 6.07) is 4.63. The summed E-state index contributed by atoms with van der Waals surface area (Å²) in [6.45, 7) is 3.23. The average molecular weight is 236 g/mol. The van der Waals surface area contributed by atoms with E-state index in [0.717, 1.165) is 18.2 Å². The highest BCUT2D eigenvalue weighted by Gasteiger charge is 2.20. The van der Waals surface area contributed by atoms with Crippen molar-refractivity contribution in [2.45, 2.75) is 32.6 Å². The van der Waals surface area contributed by atoms with Crippen LogP contribution in [-0.2, 0) is 0 Å². The quantitative estimate of drug-likeness (QED) is 0.786. The van der Waals surface area contributed by atoms with E-state index in [1.165, 1.54) is 37.8 Å². The molecule has 2 nitrogen and oxygen atoms in total. The Labute approximate surface area is 102 Å². The Morgan fingerprint density at radius 3 is 2.76 bits per heavy atom. The van der Waals surface area contributed by atoms with Crippen molar-refractivity contribution in [3.05, 3.63) is 24.0 Å². The average Bonchev–Trinajstić information content (AvgIpc) is 2.27. The van der Waals surface area contributed by atoms with Gasteiger partial charge in [-0.15, -0.1) is 0 Å². The molecule has 2 atom stereocenters. The summed E-state index contributed by atoms with van der Waals surface area (Å²) >= 11 is 0. The fourth-order valence-corrected chi connectivity index (χ4v) is 2.66. The molecule has 0 amide bonds. The van der Waals surface area contributed by atoms with E-state index in [1.54, 1.807) is 6.07 Å². The second-order valence-electron chi connectivity index (χ2n) is 5.18. The molecule has 1 aliphatic carbocycles. The number of benzene rings is 1. The third kappa shape index (κ3) is 3.35. The molecule has 2 unspecified atom stereocenters. The van der Waals surface area contributed by atoms with Crippen molar-refractivity contribution in [3.8, 4) is 0 Å². The summed E-state index contributed by atoms with van der Waals surface area (Å²) in [7, 11) is 0. The van der Waals surface area contributed by atoms with E-state index in [4.69, 9.17) is 5.73 Å². The maximum absolute atomic E-state index is 13.2. The van der Waals surface area contributed by atoms with Gasteiger partial charge < -0.3 is 11.1 Å². The van der Waals surface area contributed by atoms with Crippen LogP contribution < -0.4 is 11.1 Å². The van der Waals surface area contributed by atoms with Gasteiger partial charge in [-0.3, -0.25) is 0 Å². The first kappa shape index (κ1) is 12.2. The summed E-state index contributed by atoms with van der Waals surface area (Å²) < 4.78 is 13.2. The van der Waals surface area contributed by atoms with Crippen LogP contribution in [0.25, 0.3) is 0 Å². The van der Waals surface area contributed by atoms with Crippen molar-refractivity contribution in [1.82, 2.24) is 0 Å². The van der Waals surface area contributed by atoms with Crippen LogP contribution in [-0.4, -0.2) is 6.54 Å². The van der Waals surface area contributed by atoms with E-state index >= 15 is 0 Å². The van der Waals surface area contributed by atoms with E-state index in [-0.39, 0.29) is 5.82 Å². The predicted octanol–water partition coefficient (Wildman–Crippen LogP) is 3.65. The minimum atomic E-state index is -0.274. The first-order chi connectivity index (χ1) is 8.15. The Bertz CT molecular complexity index is 358. The molecule has 1 saturated carbocycles. The van der Waals surface area contributed by atoms with Crippen LogP contribution in [0.1, 0.15) is 32.6 Å². The zero-order chi connectivity index (χ0) is 12.3. The van der Waals surface area contributed by atoms with Crippen LogP contribution in [0.5, 0.6) is 0 Å². The van der Waals surface area contributed by atoms with Crippen LogP contribution in [0.15, 0.2) is 18.2 Å². The molecule has 0 bridgehead atoms. The molecule has 1 aliphatic rings. The molecule has 3 N–H and O–H groups in total. The van der Waals surface area contributed by atoms with Gasteiger partial charge in [0, 0.05) is 17.9 Å². The molecule has 1 aromatic carbocycles. The Morgan fingerprint density at radius 2 is 2.06 bits per heavy atom. The van der Waals surface area contributed by atoms with Crippen LogP contribution >= 0.6 is 0 Å². The molecule has 1 aromatic rings. The topological polar surface area (TPSA) is 38.0 Å². The number of nitrogens with one attached hydrogen (secondary N) is 1. The summed E-state index contributed by atoms with van der Waals surface area (Å²) in [5.41, 5.74) is 6.88. The normalized spacial score (nSPS) is 24.6. The fourth-order valence-electron chi connectivity index (χ4n) is 2.66. The van der Waals surface area contributed by atoms with E-state index in [0.29, 0.717) is 11.6 Å². The number of hydrogen-bond acceptors (Lipinski definition) is 2. The highest BCUT2D eigenvalue weighted by atomic mass is 19.1. The van der Waals surface area contributed by atoms with Crippen molar-refractivity contribution in [1.29, 1.82) is 0 Å². The maximum atomic E-state index is 13.2. The maximum Gasteiger partial charge on any atom is 0.127 e. The summed E-state index contributed by atoms with van der Waals surface area (Å²) in [6.07, 6.45) is 5.27. The SMILES string of the molecule is CC1CCCCC1CNc1cc(N)cc(F)c1. The minimum absolute atomic E-state index is 0.274. The summed E-state index contributed by atoms with van der Waals surface area (Å²) in [5.74, 6) is 1.19. The molecule has 0 radical (unpaired) electrons. The molecule has 94 valence electrons. The first-order valence-electron chi connectivity index (χ1n) is 6.45. The standard InChI is InChI=1S/C14H21FN2/c1-10-4-2-3-5-11(10)9-17-14-7-12(15)6-13(16)8-14/h6-8,10-11,17H,2-5,9,16H2,1H3. The lowest BCUT2D eigenvalue weighted by Gasteiger charge is -2.29. The van der Waals surface area contributed by atoms with Crippen molar-refractivity contribution in [2.24, 2.45) is 11.8 Å².